The van der Waals surface area contributed by atoms with Gasteiger partial charge in [-0.2, -0.15) is 0 Å². The zero-order valence-electron chi connectivity index (χ0n) is 24.5. The third-order valence-electron chi connectivity index (χ3n) is 8.90. The normalized spacial score (nSPS) is 20.3. The molecule has 2 heterocycles. The Bertz CT molecular complexity index is 1260. The van der Waals surface area contributed by atoms with Crippen molar-refractivity contribution < 1.29 is 14.3 Å². The number of esters is 1. The number of imidazole rings is 1. The number of carbonyl (C=O) groups is 2. The van der Waals surface area contributed by atoms with Crippen LogP contribution in [0.2, 0.25) is 0 Å². The number of hydrogen-bond acceptors (Lipinski definition) is 6. The van der Waals surface area contributed by atoms with Crippen LogP contribution in [0.15, 0.2) is 35.9 Å². The summed E-state index contributed by atoms with van der Waals surface area (Å²) < 4.78 is 8.23. The van der Waals surface area contributed by atoms with Crippen molar-refractivity contribution in [1.29, 1.82) is 0 Å². The first-order chi connectivity index (χ1) is 19.4. The number of rotatable bonds is 12. The summed E-state index contributed by atoms with van der Waals surface area (Å²) in [5, 5.41) is 7.00. The highest BCUT2D eigenvalue weighted by atomic mass is 16.5. The lowest BCUT2D eigenvalue weighted by Gasteiger charge is -2.24. The van der Waals surface area contributed by atoms with Crippen LogP contribution >= 0.6 is 0 Å². The number of aromatic nitrogens is 2. The molecule has 0 radical (unpaired) electrons. The van der Waals surface area contributed by atoms with Crippen LogP contribution in [-0.2, 0) is 27.4 Å². The average Bonchev–Trinajstić information content (AvgIpc) is 3.51. The minimum absolute atomic E-state index is 0.0703. The van der Waals surface area contributed by atoms with Crippen LogP contribution in [0.25, 0.3) is 16.6 Å². The molecule has 1 atom stereocenters. The highest BCUT2D eigenvalue weighted by Crippen LogP contribution is 2.34. The summed E-state index contributed by atoms with van der Waals surface area (Å²) in [5.41, 5.74) is 4.86. The maximum Gasteiger partial charge on any atom is 0.323 e. The molecule has 0 spiro atoms. The summed E-state index contributed by atoms with van der Waals surface area (Å²) in [5.74, 6) is 2.12. The SMILES string of the molecule is C/C=C(\C=C(\C)C(C)=O)c1nc2cc(CNC(CC3CC3)C(=O)OC3CCCC3)ccc2n1CC1CCNCC1. The number of piperidine rings is 1. The van der Waals surface area contributed by atoms with Gasteiger partial charge < -0.3 is 19.9 Å². The number of allylic oxidation sites excluding steroid dienone is 4. The van der Waals surface area contributed by atoms with E-state index >= 15 is 0 Å². The van der Waals surface area contributed by atoms with Crippen molar-refractivity contribution in [3.63, 3.8) is 0 Å². The second kappa shape index (κ2) is 13.3. The summed E-state index contributed by atoms with van der Waals surface area (Å²) >= 11 is 0. The molecule has 0 amide bonds. The molecule has 40 heavy (non-hydrogen) atoms. The third kappa shape index (κ3) is 7.29. The van der Waals surface area contributed by atoms with Gasteiger partial charge in [0.1, 0.15) is 18.0 Å². The van der Waals surface area contributed by atoms with Crippen LogP contribution in [0.5, 0.6) is 0 Å². The maximum atomic E-state index is 13.0. The van der Waals surface area contributed by atoms with E-state index in [1.807, 2.05) is 26.0 Å². The summed E-state index contributed by atoms with van der Waals surface area (Å²) in [6, 6.07) is 6.22. The summed E-state index contributed by atoms with van der Waals surface area (Å²) in [4.78, 5) is 30.2. The van der Waals surface area contributed by atoms with Crippen molar-refractivity contribution in [2.24, 2.45) is 11.8 Å². The van der Waals surface area contributed by atoms with Gasteiger partial charge in [-0.05, 0) is 120 Å². The lowest BCUT2D eigenvalue weighted by atomic mass is 9.98. The van der Waals surface area contributed by atoms with Crippen molar-refractivity contribution >= 4 is 28.4 Å². The number of nitrogens with zero attached hydrogens (tertiary/aromatic N) is 2. The van der Waals surface area contributed by atoms with E-state index in [9.17, 15) is 9.59 Å². The van der Waals surface area contributed by atoms with E-state index in [1.54, 1.807) is 6.92 Å². The number of nitrogens with one attached hydrogen (secondary N) is 2. The van der Waals surface area contributed by atoms with Gasteiger partial charge in [0.2, 0.25) is 0 Å². The maximum absolute atomic E-state index is 13.0. The first-order valence-electron chi connectivity index (χ1n) is 15.4. The zero-order chi connectivity index (χ0) is 28.1. The molecule has 7 nitrogen and oxygen atoms in total. The first-order valence-corrected chi connectivity index (χ1v) is 15.4. The molecule has 3 aliphatic rings. The lowest BCUT2D eigenvalue weighted by molar-refractivity contribution is -0.151. The van der Waals surface area contributed by atoms with E-state index in [0.29, 0.717) is 18.4 Å². The van der Waals surface area contributed by atoms with E-state index in [-0.39, 0.29) is 23.9 Å². The molecule has 2 aromatic rings. The van der Waals surface area contributed by atoms with Gasteiger partial charge in [0.15, 0.2) is 5.78 Å². The summed E-state index contributed by atoms with van der Waals surface area (Å²) in [6.45, 7) is 9.09. The third-order valence-corrected chi connectivity index (χ3v) is 8.90. The zero-order valence-corrected chi connectivity index (χ0v) is 24.5. The van der Waals surface area contributed by atoms with Gasteiger partial charge in [0.25, 0.3) is 0 Å². The molecule has 7 heteroatoms. The van der Waals surface area contributed by atoms with Crippen molar-refractivity contribution in [3.8, 4) is 0 Å². The molecular formula is C33H46N4O3. The van der Waals surface area contributed by atoms with Gasteiger partial charge >= 0.3 is 5.97 Å². The van der Waals surface area contributed by atoms with Crippen LogP contribution in [-0.4, -0.2) is 46.5 Å². The molecule has 1 aromatic carbocycles. The Hall–Kier alpha value is -2.77. The largest absolute Gasteiger partial charge is 0.461 e. The standard InChI is InChI=1S/C33H46N4O3/c1-4-27(17-22(2)23(3)38)32-36-29-19-26(11-12-31(29)37(32)21-25-13-15-34-16-14-25)20-35-30(18-24-9-10-24)33(39)40-28-7-5-6-8-28/h4,11-12,17,19,24-25,28,30,34-35H,5-10,13-16,18,20-21H2,1-3H3/b22-17-,27-4+. The number of fused-ring (bicyclic) bond motifs is 1. The Balaban J connectivity index is 1.38. The Morgan fingerprint density at radius 1 is 1.10 bits per heavy atom. The smallest absolute Gasteiger partial charge is 0.323 e. The fourth-order valence-electron chi connectivity index (χ4n) is 6.07. The Labute approximate surface area is 238 Å². The van der Waals surface area contributed by atoms with Crippen molar-refractivity contribution in [1.82, 2.24) is 20.2 Å². The predicted octanol–water partition coefficient (Wildman–Crippen LogP) is 5.72. The van der Waals surface area contributed by atoms with Crippen LogP contribution < -0.4 is 10.6 Å². The van der Waals surface area contributed by atoms with Gasteiger partial charge in [-0.15, -0.1) is 0 Å². The average molecular weight is 547 g/mol. The highest BCUT2D eigenvalue weighted by Gasteiger charge is 2.32. The molecule has 1 aliphatic heterocycles. The second-order valence-corrected chi connectivity index (χ2v) is 12.1. The molecule has 2 aliphatic carbocycles. The number of ketones is 1. The molecule has 0 bridgehead atoms. The molecular weight excluding hydrogens is 500 g/mol. The monoisotopic (exact) mass is 546 g/mol. The number of hydrogen-bond donors (Lipinski definition) is 2. The van der Waals surface area contributed by atoms with E-state index in [1.165, 1.54) is 12.8 Å². The Kier molecular flexibility index (Phi) is 9.53. The Morgan fingerprint density at radius 3 is 2.52 bits per heavy atom. The van der Waals surface area contributed by atoms with Gasteiger partial charge in [0, 0.05) is 18.7 Å². The number of benzene rings is 1. The van der Waals surface area contributed by atoms with Crippen molar-refractivity contribution in [2.75, 3.05) is 13.1 Å². The number of ether oxygens (including phenoxy) is 1. The first kappa shape index (κ1) is 28.7. The highest BCUT2D eigenvalue weighted by molar-refractivity contribution is 5.96. The Morgan fingerprint density at radius 2 is 1.85 bits per heavy atom. The lowest BCUT2D eigenvalue weighted by Crippen LogP contribution is -2.39. The van der Waals surface area contributed by atoms with Crippen molar-refractivity contribution in [3.05, 3.63) is 47.3 Å². The molecule has 1 aromatic heterocycles. The van der Waals surface area contributed by atoms with Gasteiger partial charge in [-0.1, -0.05) is 25.0 Å². The second-order valence-electron chi connectivity index (χ2n) is 12.1. The predicted molar refractivity (Wildman–Crippen MR) is 160 cm³/mol. The quantitative estimate of drug-likeness (QED) is 0.201. The fraction of sp³-hybridized carbons (Fsp3) is 0.606. The minimum Gasteiger partial charge on any atom is -0.461 e. The van der Waals surface area contributed by atoms with Gasteiger partial charge in [-0.3, -0.25) is 9.59 Å². The molecule has 1 saturated heterocycles. The van der Waals surface area contributed by atoms with E-state index < -0.39 is 0 Å². The summed E-state index contributed by atoms with van der Waals surface area (Å²) in [7, 11) is 0. The molecule has 2 N–H and O–H groups in total. The van der Waals surface area contributed by atoms with E-state index in [4.69, 9.17) is 9.72 Å². The minimum atomic E-state index is -0.258. The summed E-state index contributed by atoms with van der Waals surface area (Å²) in [6.07, 6.45) is 14.0. The van der Waals surface area contributed by atoms with Crippen molar-refractivity contribution in [2.45, 2.75) is 104 Å². The molecule has 1 unspecified atom stereocenters. The van der Waals surface area contributed by atoms with Crippen LogP contribution in [0, 0.1) is 11.8 Å². The molecule has 2 saturated carbocycles. The fourth-order valence-corrected chi connectivity index (χ4v) is 6.07. The van der Waals surface area contributed by atoms with Crippen LogP contribution in [0.4, 0.5) is 0 Å². The van der Waals surface area contributed by atoms with Crippen LogP contribution in [0.3, 0.4) is 0 Å². The van der Waals surface area contributed by atoms with E-state index in [2.05, 4.69) is 33.4 Å². The van der Waals surface area contributed by atoms with Gasteiger partial charge in [0.05, 0.1) is 11.0 Å². The van der Waals surface area contributed by atoms with Crippen LogP contribution in [0.1, 0.15) is 89.9 Å². The number of carbonyl (C=O) groups excluding carboxylic acids is 2. The molecule has 5 rings (SSSR count). The molecule has 216 valence electrons. The number of Topliss-reactive ketones (excluding diaryl/α,β-unsaturated/α-hetero) is 1. The van der Waals surface area contributed by atoms with E-state index in [0.717, 1.165) is 98.1 Å². The topological polar surface area (TPSA) is 85.2 Å². The van der Waals surface area contributed by atoms with Gasteiger partial charge in [-0.25, -0.2) is 4.98 Å². The molecule has 3 fully saturated rings.